The van der Waals surface area contributed by atoms with Gasteiger partial charge in [0, 0.05) is 36.0 Å². The summed E-state index contributed by atoms with van der Waals surface area (Å²) in [4.78, 5) is 33.0. The fourth-order valence-corrected chi connectivity index (χ4v) is 4.98. The van der Waals surface area contributed by atoms with E-state index in [1.807, 2.05) is 30.3 Å². The van der Waals surface area contributed by atoms with Gasteiger partial charge in [-0.3, -0.25) is 9.69 Å². The number of carbonyl (C=O) groups is 2. The standard InChI is InChI=1S/C29H31N3O3/c33-21-27-26-12-11-25(30-29(34)24-9-5-2-6-10-24)19-28(26)35-32(27)18-15-22-13-16-31(17-14-22)20-23-7-3-1-4-8-23/h1-12,19,21-22,27H,13-18,20H2,(H,30,34). The Kier molecular flexibility index (Phi) is 7.21. The molecule has 6 heteroatoms. The molecule has 0 aliphatic carbocycles. The van der Waals surface area contributed by atoms with Gasteiger partial charge in [-0.05, 0) is 62.0 Å². The molecule has 1 atom stereocenters. The van der Waals surface area contributed by atoms with Crippen LogP contribution in [0.3, 0.4) is 0 Å². The second-order valence-corrected chi connectivity index (χ2v) is 9.38. The van der Waals surface area contributed by atoms with Crippen molar-refractivity contribution in [1.29, 1.82) is 0 Å². The lowest BCUT2D eigenvalue weighted by Crippen LogP contribution is -2.35. The largest absolute Gasteiger partial charge is 0.405 e. The number of hydrogen-bond donors (Lipinski definition) is 1. The van der Waals surface area contributed by atoms with Gasteiger partial charge in [0.05, 0.1) is 0 Å². The van der Waals surface area contributed by atoms with Gasteiger partial charge in [0.25, 0.3) is 5.91 Å². The average molecular weight is 470 g/mol. The predicted molar refractivity (Wildman–Crippen MR) is 136 cm³/mol. The molecule has 180 valence electrons. The number of benzene rings is 3. The van der Waals surface area contributed by atoms with Crippen molar-refractivity contribution in [2.24, 2.45) is 5.92 Å². The number of aldehydes is 1. The van der Waals surface area contributed by atoms with Gasteiger partial charge < -0.3 is 14.9 Å². The first kappa shape index (κ1) is 23.3. The van der Waals surface area contributed by atoms with Crippen LogP contribution in [0, 0.1) is 5.92 Å². The topological polar surface area (TPSA) is 61.9 Å². The average Bonchev–Trinajstić information content (AvgIpc) is 3.26. The normalized spacial score (nSPS) is 18.6. The van der Waals surface area contributed by atoms with Gasteiger partial charge in [0.2, 0.25) is 0 Å². The number of rotatable bonds is 8. The van der Waals surface area contributed by atoms with Crippen molar-refractivity contribution < 1.29 is 14.4 Å². The third-order valence-electron chi connectivity index (χ3n) is 6.99. The maximum absolute atomic E-state index is 12.5. The Morgan fingerprint density at radius 1 is 0.971 bits per heavy atom. The zero-order chi connectivity index (χ0) is 24.0. The molecule has 1 saturated heterocycles. The van der Waals surface area contributed by atoms with Crippen LogP contribution < -0.4 is 10.2 Å². The highest BCUT2D eigenvalue weighted by Gasteiger charge is 2.33. The summed E-state index contributed by atoms with van der Waals surface area (Å²) in [5.41, 5.74) is 3.45. The predicted octanol–water partition coefficient (Wildman–Crippen LogP) is 5.09. The molecule has 0 aromatic heterocycles. The van der Waals surface area contributed by atoms with Crippen LogP contribution in [0.2, 0.25) is 0 Å². The highest BCUT2D eigenvalue weighted by Crippen LogP contribution is 2.38. The van der Waals surface area contributed by atoms with E-state index in [0.717, 1.165) is 50.7 Å². The summed E-state index contributed by atoms with van der Waals surface area (Å²) in [6, 6.07) is 24.8. The first-order valence-electron chi connectivity index (χ1n) is 12.4. The van der Waals surface area contributed by atoms with Gasteiger partial charge >= 0.3 is 0 Å². The van der Waals surface area contributed by atoms with Gasteiger partial charge in [-0.1, -0.05) is 54.6 Å². The van der Waals surface area contributed by atoms with Gasteiger partial charge in [-0.25, -0.2) is 0 Å². The summed E-state index contributed by atoms with van der Waals surface area (Å²) in [6.07, 6.45) is 4.26. The molecule has 6 nitrogen and oxygen atoms in total. The van der Waals surface area contributed by atoms with Crippen LogP contribution in [0.4, 0.5) is 5.69 Å². The highest BCUT2D eigenvalue weighted by molar-refractivity contribution is 6.04. The molecule has 3 aromatic carbocycles. The number of hydroxylamine groups is 2. The zero-order valence-corrected chi connectivity index (χ0v) is 19.8. The number of nitrogens with zero attached hydrogens (tertiary/aromatic N) is 2. The second-order valence-electron chi connectivity index (χ2n) is 9.38. The van der Waals surface area contributed by atoms with E-state index < -0.39 is 6.04 Å². The quantitative estimate of drug-likeness (QED) is 0.466. The molecule has 3 aromatic rings. The molecule has 1 unspecified atom stereocenters. The molecule has 0 spiro atoms. The minimum absolute atomic E-state index is 0.175. The highest BCUT2D eigenvalue weighted by atomic mass is 16.7. The van der Waals surface area contributed by atoms with Crippen LogP contribution in [-0.4, -0.2) is 41.8 Å². The maximum atomic E-state index is 12.5. The first-order chi connectivity index (χ1) is 17.2. The lowest BCUT2D eigenvalue weighted by atomic mass is 9.93. The molecular formula is C29H31N3O3. The van der Waals surface area contributed by atoms with E-state index in [1.165, 1.54) is 5.56 Å². The molecule has 1 N–H and O–H groups in total. The maximum Gasteiger partial charge on any atom is 0.255 e. The number of nitrogens with one attached hydrogen (secondary N) is 1. The molecule has 0 bridgehead atoms. The summed E-state index contributed by atoms with van der Waals surface area (Å²) in [5.74, 6) is 1.08. The molecular weight excluding hydrogens is 438 g/mol. The molecule has 0 saturated carbocycles. The van der Waals surface area contributed by atoms with Crippen molar-refractivity contribution in [3.63, 3.8) is 0 Å². The van der Waals surface area contributed by atoms with Crippen molar-refractivity contribution in [3.8, 4) is 5.75 Å². The summed E-state index contributed by atoms with van der Waals surface area (Å²) in [5, 5.41) is 4.70. The van der Waals surface area contributed by atoms with E-state index in [2.05, 4.69) is 40.5 Å². The number of piperidine rings is 1. The number of anilines is 1. The van der Waals surface area contributed by atoms with Crippen LogP contribution in [0.1, 0.15) is 46.8 Å². The molecule has 1 amide bonds. The molecule has 2 aliphatic heterocycles. The van der Waals surface area contributed by atoms with E-state index in [1.54, 1.807) is 23.3 Å². The van der Waals surface area contributed by atoms with Crippen LogP contribution in [0.5, 0.6) is 5.75 Å². The van der Waals surface area contributed by atoms with Gasteiger partial charge in [0.15, 0.2) is 5.75 Å². The zero-order valence-electron chi connectivity index (χ0n) is 19.8. The second kappa shape index (κ2) is 10.8. The molecule has 1 fully saturated rings. The Morgan fingerprint density at radius 3 is 2.40 bits per heavy atom. The molecule has 2 aliphatic rings. The van der Waals surface area contributed by atoms with E-state index in [-0.39, 0.29) is 5.91 Å². The summed E-state index contributed by atoms with van der Waals surface area (Å²) in [6.45, 7) is 3.91. The van der Waals surface area contributed by atoms with Crippen LogP contribution >= 0.6 is 0 Å². The van der Waals surface area contributed by atoms with Crippen molar-refractivity contribution in [2.75, 3.05) is 25.0 Å². The Bertz CT molecular complexity index is 1140. The van der Waals surface area contributed by atoms with Crippen molar-refractivity contribution in [2.45, 2.75) is 31.8 Å². The summed E-state index contributed by atoms with van der Waals surface area (Å²) < 4.78 is 0. The molecule has 0 radical (unpaired) electrons. The van der Waals surface area contributed by atoms with E-state index >= 15 is 0 Å². The third kappa shape index (κ3) is 5.61. The van der Waals surface area contributed by atoms with Gasteiger partial charge in [0.1, 0.15) is 12.3 Å². The van der Waals surface area contributed by atoms with Crippen LogP contribution in [-0.2, 0) is 11.3 Å². The van der Waals surface area contributed by atoms with Crippen molar-refractivity contribution >= 4 is 17.9 Å². The number of likely N-dealkylation sites (tertiary alicyclic amines) is 1. The van der Waals surface area contributed by atoms with E-state index in [4.69, 9.17) is 4.84 Å². The van der Waals surface area contributed by atoms with Crippen LogP contribution in [0.15, 0.2) is 78.9 Å². The van der Waals surface area contributed by atoms with E-state index in [9.17, 15) is 9.59 Å². The van der Waals surface area contributed by atoms with Gasteiger partial charge in [-0.15, -0.1) is 5.06 Å². The number of hydrogen-bond acceptors (Lipinski definition) is 5. The number of fused-ring (bicyclic) bond motifs is 1. The Hall–Kier alpha value is -3.48. The van der Waals surface area contributed by atoms with Crippen LogP contribution in [0.25, 0.3) is 0 Å². The number of amides is 1. The summed E-state index contributed by atoms with van der Waals surface area (Å²) >= 11 is 0. The van der Waals surface area contributed by atoms with Crippen molar-refractivity contribution in [3.05, 3.63) is 95.6 Å². The molecule has 2 heterocycles. The monoisotopic (exact) mass is 469 g/mol. The number of carbonyl (C=O) groups excluding carboxylic acids is 2. The van der Waals surface area contributed by atoms with Crippen molar-refractivity contribution in [1.82, 2.24) is 9.96 Å². The Balaban J connectivity index is 1.13. The lowest BCUT2D eigenvalue weighted by Gasteiger charge is -2.32. The SMILES string of the molecule is O=CC1c2ccc(NC(=O)c3ccccc3)cc2ON1CCC1CCN(Cc2ccccc2)CC1. The third-order valence-corrected chi connectivity index (χ3v) is 6.99. The first-order valence-corrected chi connectivity index (χ1v) is 12.4. The minimum Gasteiger partial charge on any atom is -0.405 e. The Labute approximate surface area is 206 Å². The minimum atomic E-state index is -0.415. The Morgan fingerprint density at radius 2 is 1.69 bits per heavy atom. The molecule has 5 rings (SSSR count). The van der Waals surface area contributed by atoms with E-state index in [0.29, 0.717) is 29.5 Å². The molecule has 35 heavy (non-hydrogen) atoms. The summed E-state index contributed by atoms with van der Waals surface area (Å²) in [7, 11) is 0. The fraction of sp³-hybridized carbons (Fsp3) is 0.310. The van der Waals surface area contributed by atoms with Gasteiger partial charge in [-0.2, -0.15) is 0 Å². The smallest absolute Gasteiger partial charge is 0.255 e. The fourth-order valence-electron chi connectivity index (χ4n) is 4.98. The lowest BCUT2D eigenvalue weighted by molar-refractivity contribution is -0.125.